The zero-order valence-corrected chi connectivity index (χ0v) is 22.0. The Bertz CT molecular complexity index is 1280. The molecule has 0 aliphatic carbocycles. The first-order valence-corrected chi connectivity index (χ1v) is 12.8. The summed E-state index contributed by atoms with van der Waals surface area (Å²) in [5.41, 5.74) is 7.82. The van der Waals surface area contributed by atoms with Crippen LogP contribution in [0.2, 0.25) is 10.0 Å². The Balaban J connectivity index is 1.37. The van der Waals surface area contributed by atoms with Gasteiger partial charge in [0.05, 0.1) is 42.8 Å². The molecule has 0 radical (unpaired) electrons. The van der Waals surface area contributed by atoms with E-state index >= 15 is 0 Å². The predicted octanol–water partition coefficient (Wildman–Crippen LogP) is 3.22. The van der Waals surface area contributed by atoms with E-state index in [4.69, 9.17) is 38.4 Å². The molecule has 1 amide bonds. The van der Waals surface area contributed by atoms with Gasteiger partial charge >= 0.3 is 0 Å². The summed E-state index contributed by atoms with van der Waals surface area (Å²) in [4.78, 5) is 23.4. The van der Waals surface area contributed by atoms with Crippen LogP contribution in [-0.2, 0) is 11.2 Å². The molecule has 38 heavy (non-hydrogen) atoms. The van der Waals surface area contributed by atoms with E-state index in [-0.39, 0.29) is 42.2 Å². The fourth-order valence-corrected chi connectivity index (χ4v) is 4.51. The normalized spacial score (nSPS) is 14.7. The minimum atomic E-state index is -0.694. The lowest BCUT2D eigenvalue weighted by Gasteiger charge is -2.28. The van der Waals surface area contributed by atoms with Crippen molar-refractivity contribution in [2.75, 3.05) is 51.7 Å². The summed E-state index contributed by atoms with van der Waals surface area (Å²) in [7, 11) is 0. The molecule has 2 aromatic carbocycles. The molecule has 1 fully saturated rings. The second-order valence-corrected chi connectivity index (χ2v) is 9.51. The number of hydrogen-bond donors (Lipinski definition) is 3. The van der Waals surface area contributed by atoms with Crippen molar-refractivity contribution >= 4 is 34.9 Å². The first-order chi connectivity index (χ1) is 18.3. The highest BCUT2D eigenvalue weighted by Crippen LogP contribution is 2.28. The third-order valence-electron chi connectivity index (χ3n) is 5.99. The van der Waals surface area contributed by atoms with Gasteiger partial charge in [-0.3, -0.25) is 9.69 Å². The summed E-state index contributed by atoms with van der Waals surface area (Å²) in [5.74, 6) is -0.722. The van der Waals surface area contributed by atoms with Crippen molar-refractivity contribution in [3.63, 3.8) is 0 Å². The van der Waals surface area contributed by atoms with Gasteiger partial charge in [0, 0.05) is 48.7 Å². The third-order valence-corrected chi connectivity index (χ3v) is 6.75. The van der Waals surface area contributed by atoms with Crippen molar-refractivity contribution in [1.29, 1.82) is 0 Å². The quantitative estimate of drug-likeness (QED) is 0.321. The maximum absolute atomic E-state index is 13.8. The summed E-state index contributed by atoms with van der Waals surface area (Å²) in [5, 5.41) is 13.3. The van der Waals surface area contributed by atoms with Gasteiger partial charge in [-0.2, -0.15) is 0 Å². The number of aromatic nitrogens is 2. The Labute approximate surface area is 229 Å². The van der Waals surface area contributed by atoms with Crippen molar-refractivity contribution in [2.24, 2.45) is 0 Å². The first kappa shape index (κ1) is 28.0. The van der Waals surface area contributed by atoms with Crippen LogP contribution in [0.15, 0.2) is 42.6 Å². The number of carbonyl (C=O) groups is 1. The molecule has 12 heteroatoms. The lowest BCUT2D eigenvalue weighted by atomic mass is 10.1. The number of carbonyl (C=O) groups excluding carboxylic acids is 1. The summed E-state index contributed by atoms with van der Waals surface area (Å²) < 4.78 is 24.8. The van der Waals surface area contributed by atoms with E-state index in [1.165, 1.54) is 18.3 Å². The monoisotopic (exact) mass is 563 g/mol. The average molecular weight is 564 g/mol. The number of benzene rings is 2. The molecular weight excluding hydrogens is 536 g/mol. The number of anilines is 1. The van der Waals surface area contributed by atoms with Gasteiger partial charge in [-0.1, -0.05) is 35.3 Å². The minimum Gasteiger partial charge on any atom is -0.475 e. The molecule has 1 aromatic heterocycles. The van der Waals surface area contributed by atoms with Crippen molar-refractivity contribution in [2.45, 2.75) is 12.5 Å². The van der Waals surface area contributed by atoms with E-state index in [1.807, 2.05) is 0 Å². The number of aliphatic hydroxyl groups excluding tert-OH is 1. The largest absolute Gasteiger partial charge is 0.475 e. The Morgan fingerprint density at radius 1 is 1.26 bits per heavy atom. The van der Waals surface area contributed by atoms with E-state index in [0.29, 0.717) is 47.2 Å². The molecule has 202 valence electrons. The molecule has 4 rings (SSSR count). The number of rotatable bonds is 10. The highest BCUT2D eigenvalue weighted by Gasteiger charge is 2.17. The van der Waals surface area contributed by atoms with Gasteiger partial charge in [0.25, 0.3) is 11.8 Å². The molecule has 2 heterocycles. The van der Waals surface area contributed by atoms with Gasteiger partial charge < -0.3 is 25.6 Å². The number of β-amino-alcohol motifs (C(OH)–C–C–N with tert-alkyl or cyclic N) is 1. The lowest BCUT2D eigenvalue weighted by Crippen LogP contribution is -2.44. The van der Waals surface area contributed by atoms with Gasteiger partial charge in [-0.05, 0) is 29.8 Å². The van der Waals surface area contributed by atoms with Crippen molar-refractivity contribution < 1.29 is 23.8 Å². The van der Waals surface area contributed by atoms with Gasteiger partial charge in [0.2, 0.25) is 0 Å². The van der Waals surface area contributed by atoms with Gasteiger partial charge in [0.1, 0.15) is 5.82 Å². The number of aliphatic hydroxyl groups is 1. The molecule has 4 N–H and O–H groups in total. The number of nitrogens with one attached hydrogen (secondary N) is 1. The van der Waals surface area contributed by atoms with Crippen LogP contribution in [0.3, 0.4) is 0 Å². The highest BCUT2D eigenvalue weighted by atomic mass is 35.5. The fourth-order valence-electron chi connectivity index (χ4n) is 3.95. The van der Waals surface area contributed by atoms with E-state index in [2.05, 4.69) is 20.2 Å². The van der Waals surface area contributed by atoms with E-state index in [9.17, 15) is 14.3 Å². The molecule has 1 aliphatic rings. The molecule has 1 aliphatic heterocycles. The number of nitrogens with zero attached hydrogens (tertiary/aromatic N) is 3. The predicted molar refractivity (Wildman–Crippen MR) is 143 cm³/mol. The van der Waals surface area contributed by atoms with Crippen molar-refractivity contribution in [1.82, 2.24) is 20.2 Å². The molecular formula is C26H28Cl2FN5O4. The van der Waals surface area contributed by atoms with Gasteiger partial charge in [-0.15, -0.1) is 0 Å². The first-order valence-electron chi connectivity index (χ1n) is 12.1. The van der Waals surface area contributed by atoms with Crippen LogP contribution in [0.5, 0.6) is 5.88 Å². The number of morpholine rings is 1. The van der Waals surface area contributed by atoms with Crippen LogP contribution in [0.25, 0.3) is 11.3 Å². The number of hydrogen-bond acceptors (Lipinski definition) is 8. The van der Waals surface area contributed by atoms with Crippen molar-refractivity contribution in [3.8, 4) is 17.1 Å². The molecule has 1 atom stereocenters. The van der Waals surface area contributed by atoms with Crippen LogP contribution in [0.1, 0.15) is 15.9 Å². The molecule has 0 bridgehead atoms. The lowest BCUT2D eigenvalue weighted by molar-refractivity contribution is 0.0149. The summed E-state index contributed by atoms with van der Waals surface area (Å²) >= 11 is 12.2. The highest BCUT2D eigenvalue weighted by molar-refractivity contribution is 6.36. The van der Waals surface area contributed by atoms with Gasteiger partial charge in [0.15, 0.2) is 5.82 Å². The zero-order valence-electron chi connectivity index (χ0n) is 20.5. The Morgan fingerprint density at radius 2 is 2.05 bits per heavy atom. The fraction of sp³-hybridized carbons (Fsp3) is 0.346. The topological polar surface area (TPSA) is 123 Å². The second-order valence-electron chi connectivity index (χ2n) is 8.72. The standard InChI is InChI=1S/C26H28Cl2FN5O4/c27-20-4-5-21(29)23(28)19(20)6-9-38-26-24(30)31-14-22(33-26)16-2-1-3-17(12-16)25(36)32-13-18(35)15-34-7-10-37-11-8-34/h1-5,12,14,18,35H,6-11,13,15H2,(H2,30,31)(H,32,36). The van der Waals surface area contributed by atoms with Crippen LogP contribution in [0, 0.1) is 5.82 Å². The van der Waals surface area contributed by atoms with E-state index < -0.39 is 11.9 Å². The Hall–Kier alpha value is -3.02. The smallest absolute Gasteiger partial charge is 0.257 e. The zero-order chi connectivity index (χ0) is 27.1. The van der Waals surface area contributed by atoms with E-state index in [1.54, 1.807) is 24.3 Å². The average Bonchev–Trinajstić information content (AvgIpc) is 2.93. The maximum Gasteiger partial charge on any atom is 0.257 e. The van der Waals surface area contributed by atoms with Crippen LogP contribution in [-0.4, -0.2) is 78.0 Å². The molecule has 0 saturated carbocycles. The molecule has 1 saturated heterocycles. The summed E-state index contributed by atoms with van der Waals surface area (Å²) in [6.07, 6.45) is 1.01. The second kappa shape index (κ2) is 13.2. The molecule has 9 nitrogen and oxygen atoms in total. The Kier molecular flexibility index (Phi) is 9.70. The minimum absolute atomic E-state index is 0.0578. The maximum atomic E-state index is 13.8. The van der Waals surface area contributed by atoms with E-state index in [0.717, 1.165) is 13.1 Å². The number of nitrogen functional groups attached to an aromatic ring is 1. The van der Waals surface area contributed by atoms with Crippen LogP contribution >= 0.6 is 23.2 Å². The Morgan fingerprint density at radius 3 is 2.84 bits per heavy atom. The third kappa shape index (κ3) is 7.30. The van der Waals surface area contributed by atoms with Gasteiger partial charge in [-0.25, -0.2) is 14.4 Å². The number of halogens is 3. The summed E-state index contributed by atoms with van der Waals surface area (Å²) in [6.45, 7) is 3.47. The molecule has 0 spiro atoms. The number of ether oxygens (including phenoxy) is 2. The number of nitrogens with two attached hydrogens (primary N) is 1. The SMILES string of the molecule is Nc1ncc(-c2cccc(C(=O)NCC(O)CN3CCOCC3)c2)nc1OCCc1c(Cl)ccc(F)c1Cl. The van der Waals surface area contributed by atoms with Crippen molar-refractivity contribution in [3.05, 3.63) is 69.6 Å². The molecule has 3 aromatic rings. The summed E-state index contributed by atoms with van der Waals surface area (Å²) in [6, 6.07) is 9.47. The molecule has 1 unspecified atom stereocenters. The number of amides is 1. The van der Waals surface area contributed by atoms with Crippen LogP contribution < -0.4 is 15.8 Å². The van der Waals surface area contributed by atoms with Crippen LogP contribution in [0.4, 0.5) is 10.2 Å².